The molecule has 0 aromatic heterocycles. The highest BCUT2D eigenvalue weighted by Crippen LogP contribution is 2.25. The highest BCUT2D eigenvalue weighted by Gasteiger charge is 2.35. The molecule has 1 aromatic rings. The number of hydrogen-bond acceptors (Lipinski definition) is 4. The average molecular weight is 316 g/mol. The number of anilines is 1. The first-order valence-corrected chi connectivity index (χ1v) is 8.80. The number of nitrogens with one attached hydrogen (secondary N) is 2. The third-order valence-electron chi connectivity index (χ3n) is 5.11. The maximum atomic E-state index is 13.0. The van der Waals surface area contributed by atoms with Crippen molar-refractivity contribution in [3.05, 3.63) is 30.3 Å². The van der Waals surface area contributed by atoms with E-state index in [1.807, 2.05) is 30.3 Å². The van der Waals surface area contributed by atoms with E-state index in [-0.39, 0.29) is 18.0 Å². The number of hydrogen-bond donors (Lipinski definition) is 3. The Morgan fingerprint density at radius 2 is 1.78 bits per heavy atom. The largest absolute Gasteiger partial charge is 0.328 e. The molecule has 0 radical (unpaired) electrons. The van der Waals surface area contributed by atoms with Crippen LogP contribution in [0.4, 0.5) is 5.69 Å². The molecule has 5 nitrogen and oxygen atoms in total. The van der Waals surface area contributed by atoms with Gasteiger partial charge in [0.2, 0.25) is 5.91 Å². The van der Waals surface area contributed by atoms with E-state index in [1.54, 1.807) is 0 Å². The van der Waals surface area contributed by atoms with Crippen molar-refractivity contribution in [3.8, 4) is 0 Å². The van der Waals surface area contributed by atoms with Crippen LogP contribution in [0, 0.1) is 5.92 Å². The minimum absolute atomic E-state index is 0.0372. The Morgan fingerprint density at radius 1 is 1.13 bits per heavy atom. The molecule has 2 saturated heterocycles. The molecule has 126 valence electrons. The number of nitrogens with zero attached hydrogens (tertiary/aromatic N) is 1. The van der Waals surface area contributed by atoms with Gasteiger partial charge >= 0.3 is 0 Å². The summed E-state index contributed by atoms with van der Waals surface area (Å²) in [6.45, 7) is 3.87. The molecule has 2 heterocycles. The summed E-state index contributed by atoms with van der Waals surface area (Å²) in [5.74, 6) is 0.563. The van der Waals surface area contributed by atoms with Gasteiger partial charge in [-0.25, -0.2) is 0 Å². The predicted octanol–water partition coefficient (Wildman–Crippen LogP) is 1.42. The van der Waals surface area contributed by atoms with E-state index in [0.29, 0.717) is 5.92 Å². The summed E-state index contributed by atoms with van der Waals surface area (Å²) >= 11 is 0. The van der Waals surface area contributed by atoms with Gasteiger partial charge in [0.25, 0.3) is 0 Å². The Balaban J connectivity index is 1.72. The molecule has 5 heteroatoms. The molecule has 2 aliphatic rings. The maximum absolute atomic E-state index is 13.0. The first-order chi connectivity index (χ1) is 11.2. The van der Waals surface area contributed by atoms with Crippen LogP contribution in [0.3, 0.4) is 0 Å². The van der Waals surface area contributed by atoms with Gasteiger partial charge in [-0.3, -0.25) is 9.69 Å². The molecule has 0 bridgehead atoms. The lowest BCUT2D eigenvalue weighted by atomic mass is 9.87. The number of carbonyl (C=O) groups excluding carboxylic acids is 1. The van der Waals surface area contributed by atoms with Crippen LogP contribution in [0.2, 0.25) is 0 Å². The van der Waals surface area contributed by atoms with Crippen molar-refractivity contribution in [2.24, 2.45) is 11.7 Å². The van der Waals surface area contributed by atoms with Gasteiger partial charge < -0.3 is 16.4 Å². The fourth-order valence-electron chi connectivity index (χ4n) is 3.77. The molecule has 1 unspecified atom stereocenters. The van der Waals surface area contributed by atoms with Crippen LogP contribution in [0.1, 0.15) is 25.7 Å². The van der Waals surface area contributed by atoms with Crippen LogP contribution in [-0.2, 0) is 4.79 Å². The second-order valence-electron chi connectivity index (χ2n) is 6.76. The fourth-order valence-corrected chi connectivity index (χ4v) is 3.77. The summed E-state index contributed by atoms with van der Waals surface area (Å²) in [6.07, 6.45) is 4.10. The van der Waals surface area contributed by atoms with E-state index in [9.17, 15) is 4.79 Å². The van der Waals surface area contributed by atoms with Crippen molar-refractivity contribution in [3.63, 3.8) is 0 Å². The van der Waals surface area contributed by atoms with Gasteiger partial charge in [0.15, 0.2) is 0 Å². The number of amides is 1. The molecular weight excluding hydrogens is 288 g/mol. The Bertz CT molecular complexity index is 493. The number of rotatable bonds is 4. The van der Waals surface area contributed by atoms with Gasteiger partial charge in [-0.15, -0.1) is 0 Å². The predicted molar refractivity (Wildman–Crippen MR) is 93.2 cm³/mol. The normalized spacial score (nSPS) is 22.7. The number of carbonyl (C=O) groups is 1. The van der Waals surface area contributed by atoms with Crippen molar-refractivity contribution >= 4 is 11.6 Å². The zero-order valence-corrected chi connectivity index (χ0v) is 13.7. The molecule has 3 rings (SSSR count). The van der Waals surface area contributed by atoms with Crippen molar-refractivity contribution in [1.82, 2.24) is 10.2 Å². The molecule has 4 N–H and O–H groups in total. The second kappa shape index (κ2) is 7.90. The number of likely N-dealkylation sites (tertiary alicyclic amines) is 1. The monoisotopic (exact) mass is 316 g/mol. The van der Waals surface area contributed by atoms with Gasteiger partial charge in [0.05, 0.1) is 6.04 Å². The Kier molecular flexibility index (Phi) is 5.65. The minimum Gasteiger partial charge on any atom is -0.328 e. The smallest absolute Gasteiger partial charge is 0.242 e. The van der Waals surface area contributed by atoms with E-state index < -0.39 is 0 Å². The zero-order valence-electron chi connectivity index (χ0n) is 13.7. The lowest BCUT2D eigenvalue weighted by molar-refractivity contribution is -0.124. The van der Waals surface area contributed by atoms with Crippen LogP contribution in [0.25, 0.3) is 0 Å². The second-order valence-corrected chi connectivity index (χ2v) is 6.76. The van der Waals surface area contributed by atoms with E-state index in [2.05, 4.69) is 15.5 Å². The quantitative estimate of drug-likeness (QED) is 0.786. The molecule has 1 aromatic carbocycles. The van der Waals surface area contributed by atoms with Crippen LogP contribution >= 0.6 is 0 Å². The summed E-state index contributed by atoms with van der Waals surface area (Å²) < 4.78 is 0. The van der Waals surface area contributed by atoms with E-state index in [1.165, 1.54) is 0 Å². The SMILES string of the molecule is NC1CCN(C(C(=O)Nc2ccccc2)C2CCNCC2)CC1. The van der Waals surface area contributed by atoms with Gasteiger partial charge in [-0.05, 0) is 56.8 Å². The number of benzene rings is 1. The van der Waals surface area contributed by atoms with Gasteiger partial charge in [0, 0.05) is 24.8 Å². The minimum atomic E-state index is -0.0372. The van der Waals surface area contributed by atoms with Gasteiger partial charge in [0.1, 0.15) is 0 Å². The highest BCUT2D eigenvalue weighted by atomic mass is 16.2. The number of para-hydroxylation sites is 1. The zero-order chi connectivity index (χ0) is 16.1. The maximum Gasteiger partial charge on any atom is 0.242 e. The van der Waals surface area contributed by atoms with Crippen molar-refractivity contribution in [1.29, 1.82) is 0 Å². The summed E-state index contributed by atoms with van der Waals surface area (Å²) in [6, 6.07) is 10.0. The third-order valence-corrected chi connectivity index (χ3v) is 5.11. The molecule has 0 spiro atoms. The number of piperidine rings is 2. The highest BCUT2D eigenvalue weighted by molar-refractivity contribution is 5.95. The van der Waals surface area contributed by atoms with E-state index in [0.717, 1.165) is 57.5 Å². The van der Waals surface area contributed by atoms with E-state index in [4.69, 9.17) is 5.73 Å². The topological polar surface area (TPSA) is 70.4 Å². The molecule has 23 heavy (non-hydrogen) atoms. The molecule has 2 fully saturated rings. The molecule has 0 aliphatic carbocycles. The van der Waals surface area contributed by atoms with Crippen molar-refractivity contribution < 1.29 is 4.79 Å². The summed E-state index contributed by atoms with van der Waals surface area (Å²) in [7, 11) is 0. The van der Waals surface area contributed by atoms with Crippen LogP contribution < -0.4 is 16.4 Å². The van der Waals surface area contributed by atoms with E-state index >= 15 is 0 Å². The lowest BCUT2D eigenvalue weighted by Gasteiger charge is -2.40. The summed E-state index contributed by atoms with van der Waals surface area (Å²) in [5.41, 5.74) is 6.92. The molecular formula is C18H28N4O. The molecule has 1 atom stereocenters. The van der Waals surface area contributed by atoms with Crippen LogP contribution in [0.15, 0.2) is 30.3 Å². The number of nitrogens with two attached hydrogens (primary N) is 1. The molecule has 1 amide bonds. The first kappa shape index (κ1) is 16.4. The Morgan fingerprint density at radius 3 is 2.43 bits per heavy atom. The molecule has 2 aliphatic heterocycles. The van der Waals surface area contributed by atoms with Crippen LogP contribution in [-0.4, -0.2) is 49.1 Å². The van der Waals surface area contributed by atoms with Gasteiger partial charge in [-0.1, -0.05) is 18.2 Å². The third kappa shape index (κ3) is 4.31. The summed E-state index contributed by atoms with van der Waals surface area (Å²) in [4.78, 5) is 15.3. The standard InChI is InChI=1S/C18H28N4O/c19-15-8-12-22(13-9-15)17(14-6-10-20-11-7-14)18(23)21-16-4-2-1-3-5-16/h1-5,14-15,17,20H,6-13,19H2,(H,21,23). The van der Waals surface area contributed by atoms with Crippen LogP contribution in [0.5, 0.6) is 0 Å². The lowest BCUT2D eigenvalue weighted by Crippen LogP contribution is -2.54. The van der Waals surface area contributed by atoms with Crippen molar-refractivity contribution in [2.75, 3.05) is 31.5 Å². The fraction of sp³-hybridized carbons (Fsp3) is 0.611. The first-order valence-electron chi connectivity index (χ1n) is 8.80. The Hall–Kier alpha value is -1.43. The summed E-state index contributed by atoms with van der Waals surface area (Å²) in [5, 5.41) is 6.51. The van der Waals surface area contributed by atoms with Crippen molar-refractivity contribution in [2.45, 2.75) is 37.8 Å². The Labute approximate surface area is 138 Å². The average Bonchev–Trinajstić information content (AvgIpc) is 2.59. The van der Waals surface area contributed by atoms with Gasteiger partial charge in [-0.2, -0.15) is 0 Å². The molecule has 0 saturated carbocycles.